The van der Waals surface area contributed by atoms with E-state index in [9.17, 15) is 9.59 Å². The molecule has 0 aromatic rings. The van der Waals surface area contributed by atoms with Crippen LogP contribution in [0.15, 0.2) is 0 Å². The standard InChI is InChI=1S/C28H54O4.C5H12O/c1-3-4-21-24-27(2)32-28(30)31-26-23-20-18-16-14-12-10-8-6-5-7-9-11-13-15-17-19-22-25-29;1-5(2,3)6-4/h25,27H,3-24,26H2,1-2H3;1-4H3. The minimum absolute atomic E-state index is 0.0374. The van der Waals surface area contributed by atoms with E-state index in [1.807, 2.05) is 27.7 Å². The van der Waals surface area contributed by atoms with Gasteiger partial charge in [-0.25, -0.2) is 4.79 Å². The molecule has 1 atom stereocenters. The Bertz CT molecular complexity index is 486. The van der Waals surface area contributed by atoms with Crippen LogP contribution in [-0.2, 0) is 19.0 Å². The van der Waals surface area contributed by atoms with Crippen molar-refractivity contribution in [3.8, 4) is 0 Å². The Hall–Kier alpha value is -1.10. The second-order valence-electron chi connectivity index (χ2n) is 11.8. The van der Waals surface area contributed by atoms with Crippen molar-refractivity contribution in [2.45, 2.75) is 188 Å². The summed E-state index contributed by atoms with van der Waals surface area (Å²) in [4.78, 5) is 21.9. The maximum Gasteiger partial charge on any atom is 0.508 e. The van der Waals surface area contributed by atoms with Gasteiger partial charge in [0.2, 0.25) is 0 Å². The van der Waals surface area contributed by atoms with Crippen molar-refractivity contribution in [1.82, 2.24) is 0 Å². The first-order valence-electron chi connectivity index (χ1n) is 16.1. The number of carbonyl (C=O) groups excluding carboxylic acids is 2. The zero-order valence-electron chi connectivity index (χ0n) is 26.5. The van der Waals surface area contributed by atoms with Gasteiger partial charge in [-0.05, 0) is 53.4 Å². The van der Waals surface area contributed by atoms with Gasteiger partial charge in [-0.1, -0.05) is 116 Å². The molecule has 0 aromatic heterocycles. The quantitative estimate of drug-likeness (QED) is 0.0652. The number of aldehydes is 1. The Labute approximate surface area is 237 Å². The molecule has 228 valence electrons. The lowest BCUT2D eigenvalue weighted by molar-refractivity contribution is -0.107. The molecule has 0 amide bonds. The lowest BCUT2D eigenvalue weighted by atomic mass is 10.0. The maximum absolute atomic E-state index is 11.6. The van der Waals surface area contributed by atoms with Crippen LogP contribution in [0, 0.1) is 0 Å². The lowest BCUT2D eigenvalue weighted by Crippen LogP contribution is -2.16. The molecular weight excluding hydrogens is 476 g/mol. The summed E-state index contributed by atoms with van der Waals surface area (Å²) >= 11 is 0. The van der Waals surface area contributed by atoms with Gasteiger partial charge < -0.3 is 19.0 Å². The van der Waals surface area contributed by atoms with E-state index in [1.165, 1.54) is 103 Å². The zero-order valence-corrected chi connectivity index (χ0v) is 26.5. The molecule has 38 heavy (non-hydrogen) atoms. The summed E-state index contributed by atoms with van der Waals surface area (Å²) in [5.74, 6) is 0. The molecule has 5 nitrogen and oxygen atoms in total. The molecule has 0 saturated heterocycles. The summed E-state index contributed by atoms with van der Waals surface area (Å²) in [6.07, 6.45) is 27.6. The predicted molar refractivity (Wildman–Crippen MR) is 162 cm³/mol. The van der Waals surface area contributed by atoms with Crippen molar-refractivity contribution >= 4 is 12.4 Å². The number of carbonyl (C=O) groups is 2. The summed E-state index contributed by atoms with van der Waals surface area (Å²) in [6.45, 7) is 10.7. The molecule has 1 unspecified atom stereocenters. The molecule has 0 N–H and O–H groups in total. The van der Waals surface area contributed by atoms with Crippen LogP contribution in [-0.4, -0.2) is 37.9 Å². The number of unbranched alkanes of at least 4 members (excludes halogenated alkanes) is 19. The maximum atomic E-state index is 11.6. The second-order valence-corrected chi connectivity index (χ2v) is 11.8. The molecule has 0 radical (unpaired) electrons. The highest BCUT2D eigenvalue weighted by Crippen LogP contribution is 2.14. The van der Waals surface area contributed by atoms with Gasteiger partial charge in [-0.15, -0.1) is 0 Å². The highest BCUT2D eigenvalue weighted by molar-refractivity contribution is 5.60. The molecular formula is C33H66O5. The first-order chi connectivity index (χ1) is 18.3. The van der Waals surface area contributed by atoms with E-state index >= 15 is 0 Å². The van der Waals surface area contributed by atoms with Gasteiger partial charge >= 0.3 is 6.16 Å². The minimum Gasteiger partial charge on any atom is -0.434 e. The average Bonchev–Trinajstić information content (AvgIpc) is 2.87. The second kappa shape index (κ2) is 30.4. The van der Waals surface area contributed by atoms with E-state index in [4.69, 9.17) is 14.2 Å². The lowest BCUT2D eigenvalue weighted by Gasteiger charge is -2.14. The third kappa shape index (κ3) is 37.1. The summed E-state index contributed by atoms with van der Waals surface area (Å²) in [6, 6.07) is 0. The SMILES string of the molecule is CCCCCC(C)OC(=O)OCCCCCCCCCCCCCCCCCCCC=O.COC(C)(C)C. The van der Waals surface area contributed by atoms with E-state index in [-0.39, 0.29) is 11.7 Å². The van der Waals surface area contributed by atoms with Crippen molar-refractivity contribution in [3.05, 3.63) is 0 Å². The molecule has 0 saturated carbocycles. The Kier molecular flexibility index (Phi) is 31.3. The van der Waals surface area contributed by atoms with Gasteiger partial charge in [0, 0.05) is 13.5 Å². The largest absolute Gasteiger partial charge is 0.508 e. The fraction of sp³-hybridized carbons (Fsp3) is 0.939. The molecule has 0 aliphatic carbocycles. The zero-order chi connectivity index (χ0) is 28.7. The van der Waals surface area contributed by atoms with Crippen molar-refractivity contribution in [2.75, 3.05) is 13.7 Å². The minimum atomic E-state index is -0.500. The molecule has 0 aromatic carbocycles. The van der Waals surface area contributed by atoms with Crippen molar-refractivity contribution in [1.29, 1.82) is 0 Å². The van der Waals surface area contributed by atoms with Crippen LogP contribution in [0.25, 0.3) is 0 Å². The Morgan fingerprint density at radius 1 is 0.684 bits per heavy atom. The van der Waals surface area contributed by atoms with Crippen LogP contribution >= 0.6 is 0 Å². The molecule has 0 fully saturated rings. The van der Waals surface area contributed by atoms with Gasteiger partial charge in [-0.2, -0.15) is 0 Å². The highest BCUT2D eigenvalue weighted by Gasteiger charge is 2.10. The van der Waals surface area contributed by atoms with Crippen molar-refractivity contribution in [2.24, 2.45) is 0 Å². The van der Waals surface area contributed by atoms with Crippen LogP contribution in [0.3, 0.4) is 0 Å². The number of rotatable bonds is 25. The van der Waals surface area contributed by atoms with E-state index in [0.717, 1.165) is 44.8 Å². The van der Waals surface area contributed by atoms with Crippen molar-refractivity contribution < 1.29 is 23.8 Å². The van der Waals surface area contributed by atoms with Gasteiger partial charge in [0.15, 0.2) is 0 Å². The molecule has 0 heterocycles. The topological polar surface area (TPSA) is 61.8 Å². The molecule has 5 heteroatoms. The third-order valence-corrected chi connectivity index (χ3v) is 6.81. The highest BCUT2D eigenvalue weighted by atomic mass is 16.7. The number of hydrogen-bond donors (Lipinski definition) is 0. The van der Waals surface area contributed by atoms with Gasteiger partial charge in [0.05, 0.1) is 12.2 Å². The molecule has 0 aliphatic rings. The summed E-state index contributed by atoms with van der Waals surface area (Å²) in [7, 11) is 1.71. The summed E-state index contributed by atoms with van der Waals surface area (Å²) in [5.41, 5.74) is 0.0417. The van der Waals surface area contributed by atoms with E-state index in [0.29, 0.717) is 6.61 Å². The van der Waals surface area contributed by atoms with Crippen LogP contribution in [0.2, 0.25) is 0 Å². The Morgan fingerprint density at radius 3 is 1.45 bits per heavy atom. The van der Waals surface area contributed by atoms with Gasteiger partial charge in [0.25, 0.3) is 0 Å². The number of methoxy groups -OCH3 is 1. The average molecular weight is 543 g/mol. The fourth-order valence-corrected chi connectivity index (χ4v) is 4.08. The number of hydrogen-bond acceptors (Lipinski definition) is 5. The van der Waals surface area contributed by atoms with E-state index < -0.39 is 6.16 Å². The van der Waals surface area contributed by atoms with Gasteiger partial charge in [0.1, 0.15) is 12.4 Å². The number of ether oxygens (including phenoxy) is 3. The third-order valence-electron chi connectivity index (χ3n) is 6.81. The van der Waals surface area contributed by atoms with E-state index in [1.54, 1.807) is 7.11 Å². The first-order valence-corrected chi connectivity index (χ1v) is 16.1. The monoisotopic (exact) mass is 542 g/mol. The van der Waals surface area contributed by atoms with Crippen LogP contribution in [0.5, 0.6) is 0 Å². The van der Waals surface area contributed by atoms with Crippen LogP contribution in [0.1, 0.15) is 176 Å². The first kappa shape index (κ1) is 39.0. The summed E-state index contributed by atoms with van der Waals surface area (Å²) in [5, 5.41) is 0. The molecule has 0 rings (SSSR count). The summed E-state index contributed by atoms with van der Waals surface area (Å²) < 4.78 is 15.4. The van der Waals surface area contributed by atoms with Crippen LogP contribution in [0.4, 0.5) is 4.79 Å². The Morgan fingerprint density at radius 2 is 1.08 bits per heavy atom. The fourth-order valence-electron chi connectivity index (χ4n) is 4.08. The van der Waals surface area contributed by atoms with E-state index in [2.05, 4.69) is 6.92 Å². The smallest absolute Gasteiger partial charge is 0.434 e. The Balaban J connectivity index is 0. The van der Waals surface area contributed by atoms with Gasteiger partial charge in [-0.3, -0.25) is 0 Å². The van der Waals surface area contributed by atoms with Crippen molar-refractivity contribution in [3.63, 3.8) is 0 Å². The molecule has 0 spiro atoms. The van der Waals surface area contributed by atoms with Crippen LogP contribution < -0.4 is 0 Å². The normalized spacial score (nSPS) is 11.9. The molecule has 0 aliphatic heterocycles. The molecule has 0 bridgehead atoms. The predicted octanol–water partition coefficient (Wildman–Crippen LogP) is 10.8.